The molecular weight excluding hydrogens is 246 g/mol. The number of hydrogen-bond donors (Lipinski definition) is 0. The van der Waals surface area contributed by atoms with Crippen LogP contribution in [0, 0.1) is 6.92 Å². The van der Waals surface area contributed by atoms with Crippen LogP contribution in [0.1, 0.15) is 75.4 Å². The van der Waals surface area contributed by atoms with Gasteiger partial charge in [0.15, 0.2) is 0 Å². The maximum atomic E-state index is 12.3. The van der Waals surface area contributed by atoms with Crippen LogP contribution in [0.3, 0.4) is 0 Å². The molecule has 1 rings (SSSR count). The summed E-state index contributed by atoms with van der Waals surface area (Å²) in [5, 5.41) is 0. The minimum atomic E-state index is 0.151. The van der Waals surface area contributed by atoms with Crippen molar-refractivity contribution in [2.45, 2.75) is 60.8 Å². The van der Waals surface area contributed by atoms with Crippen LogP contribution in [0.4, 0.5) is 0 Å². The third-order valence-electron chi connectivity index (χ3n) is 3.30. The summed E-state index contributed by atoms with van der Waals surface area (Å²) in [6.45, 7) is 16.2. The highest BCUT2D eigenvalue weighted by Gasteiger charge is 2.14. The smallest absolute Gasteiger partial charge is 0.253 e. The molecule has 2 nitrogen and oxygen atoms in total. The highest BCUT2D eigenvalue weighted by molar-refractivity contribution is 5.94. The number of carbonyl (C=O) groups excluding carboxylic acids is 1. The van der Waals surface area contributed by atoms with E-state index in [-0.39, 0.29) is 5.91 Å². The molecule has 0 spiro atoms. The van der Waals surface area contributed by atoms with Crippen molar-refractivity contribution in [2.75, 3.05) is 13.1 Å². The van der Waals surface area contributed by atoms with E-state index in [4.69, 9.17) is 0 Å². The van der Waals surface area contributed by atoms with Crippen molar-refractivity contribution in [2.24, 2.45) is 0 Å². The van der Waals surface area contributed by atoms with Gasteiger partial charge in [-0.15, -0.1) is 0 Å². The minimum Gasteiger partial charge on any atom is -0.339 e. The van der Waals surface area contributed by atoms with E-state index >= 15 is 0 Å². The monoisotopic (exact) mass is 277 g/mol. The molecule has 1 amide bonds. The van der Waals surface area contributed by atoms with Crippen LogP contribution in [-0.2, 0) is 0 Å². The molecule has 20 heavy (non-hydrogen) atoms. The molecule has 0 N–H and O–H groups in total. The van der Waals surface area contributed by atoms with Gasteiger partial charge in [-0.1, -0.05) is 40.7 Å². The average molecular weight is 277 g/mol. The number of nitrogens with zero attached hydrogens (tertiary/aromatic N) is 1. The summed E-state index contributed by atoms with van der Waals surface area (Å²) in [6.07, 6.45) is 1.00. The van der Waals surface area contributed by atoms with E-state index < -0.39 is 0 Å². The van der Waals surface area contributed by atoms with Crippen molar-refractivity contribution < 1.29 is 4.79 Å². The molecule has 1 aromatic rings. The van der Waals surface area contributed by atoms with Gasteiger partial charge in [0.1, 0.15) is 0 Å². The maximum Gasteiger partial charge on any atom is 0.253 e. The quantitative estimate of drug-likeness (QED) is 0.740. The molecule has 0 bridgehead atoms. The van der Waals surface area contributed by atoms with E-state index in [9.17, 15) is 4.79 Å². The second-order valence-electron chi connectivity index (χ2n) is 5.11. The maximum absolute atomic E-state index is 12.3. The van der Waals surface area contributed by atoms with Crippen molar-refractivity contribution in [1.29, 1.82) is 0 Å². The zero-order valence-electron chi connectivity index (χ0n) is 14.3. The fraction of sp³-hybridized carbons (Fsp3) is 0.611. The molecule has 0 unspecified atom stereocenters. The SMILES string of the molecule is CC.CCCN(CC)C(=O)c1ccc(C(C)C)c(C)c1. The Hall–Kier alpha value is -1.31. The summed E-state index contributed by atoms with van der Waals surface area (Å²) in [4.78, 5) is 14.2. The Morgan fingerprint density at radius 1 is 1.20 bits per heavy atom. The molecule has 0 saturated carbocycles. The first kappa shape index (κ1) is 18.7. The summed E-state index contributed by atoms with van der Waals surface area (Å²) in [5.41, 5.74) is 3.35. The van der Waals surface area contributed by atoms with Gasteiger partial charge >= 0.3 is 0 Å². The predicted octanol–water partition coefficient (Wildman–Crippen LogP) is 5.02. The summed E-state index contributed by atoms with van der Waals surface area (Å²) in [7, 11) is 0. The molecule has 114 valence electrons. The van der Waals surface area contributed by atoms with E-state index in [1.165, 1.54) is 11.1 Å². The van der Waals surface area contributed by atoms with Crippen molar-refractivity contribution in [3.05, 3.63) is 34.9 Å². The third kappa shape index (κ3) is 4.99. The Balaban J connectivity index is 0.00000172. The van der Waals surface area contributed by atoms with Crippen LogP contribution in [0.5, 0.6) is 0 Å². The number of carbonyl (C=O) groups is 1. The third-order valence-corrected chi connectivity index (χ3v) is 3.30. The summed E-state index contributed by atoms with van der Waals surface area (Å²) >= 11 is 0. The Morgan fingerprint density at radius 2 is 1.80 bits per heavy atom. The molecule has 0 heterocycles. The highest BCUT2D eigenvalue weighted by Crippen LogP contribution is 2.20. The molecule has 0 aromatic heterocycles. The number of amides is 1. The van der Waals surface area contributed by atoms with E-state index in [1.807, 2.05) is 37.8 Å². The average Bonchev–Trinajstić information content (AvgIpc) is 2.45. The number of rotatable bonds is 5. The fourth-order valence-corrected chi connectivity index (χ4v) is 2.31. The van der Waals surface area contributed by atoms with Crippen molar-refractivity contribution in [1.82, 2.24) is 4.90 Å². The van der Waals surface area contributed by atoms with Gasteiger partial charge in [-0.05, 0) is 49.4 Å². The number of hydrogen-bond acceptors (Lipinski definition) is 1. The van der Waals surface area contributed by atoms with E-state index in [0.29, 0.717) is 5.92 Å². The second-order valence-corrected chi connectivity index (χ2v) is 5.11. The first-order valence-corrected chi connectivity index (χ1v) is 7.91. The Kier molecular flexibility index (Phi) is 8.94. The van der Waals surface area contributed by atoms with E-state index in [0.717, 1.165) is 25.1 Å². The standard InChI is InChI=1S/C16H25NO.C2H6/c1-6-10-17(7-2)16(18)14-8-9-15(12(3)4)13(5)11-14;1-2/h8-9,11-12H,6-7,10H2,1-5H3;1-2H3. The topological polar surface area (TPSA) is 20.3 Å². The minimum absolute atomic E-state index is 0.151. The largest absolute Gasteiger partial charge is 0.339 e. The Labute approximate surface area is 125 Å². The molecule has 0 atom stereocenters. The van der Waals surface area contributed by atoms with Gasteiger partial charge < -0.3 is 4.90 Å². The summed E-state index contributed by atoms with van der Waals surface area (Å²) in [5.74, 6) is 0.657. The van der Waals surface area contributed by atoms with Gasteiger partial charge in [-0.3, -0.25) is 4.79 Å². The van der Waals surface area contributed by atoms with Crippen molar-refractivity contribution in [3.63, 3.8) is 0 Å². The number of benzene rings is 1. The second kappa shape index (κ2) is 9.57. The zero-order chi connectivity index (χ0) is 15.7. The highest BCUT2D eigenvalue weighted by atomic mass is 16.2. The normalized spacial score (nSPS) is 10.0. The van der Waals surface area contributed by atoms with Gasteiger partial charge in [0.2, 0.25) is 0 Å². The van der Waals surface area contributed by atoms with Crippen molar-refractivity contribution in [3.8, 4) is 0 Å². The molecule has 0 aliphatic rings. The number of aryl methyl sites for hydroxylation is 1. The summed E-state index contributed by atoms with van der Waals surface area (Å²) < 4.78 is 0. The van der Waals surface area contributed by atoms with Gasteiger partial charge in [0.05, 0.1) is 0 Å². The van der Waals surface area contributed by atoms with Crippen LogP contribution in [-0.4, -0.2) is 23.9 Å². The fourth-order valence-electron chi connectivity index (χ4n) is 2.31. The first-order chi connectivity index (χ1) is 9.51. The molecule has 0 radical (unpaired) electrons. The van der Waals surface area contributed by atoms with Crippen LogP contribution in [0.2, 0.25) is 0 Å². The van der Waals surface area contributed by atoms with E-state index in [2.05, 4.69) is 33.8 Å². The van der Waals surface area contributed by atoms with Crippen LogP contribution >= 0.6 is 0 Å². The van der Waals surface area contributed by atoms with Gasteiger partial charge in [0.25, 0.3) is 5.91 Å². The van der Waals surface area contributed by atoms with Crippen LogP contribution in [0.15, 0.2) is 18.2 Å². The lowest BCUT2D eigenvalue weighted by atomic mass is 9.96. The lowest BCUT2D eigenvalue weighted by Crippen LogP contribution is -2.31. The molecular formula is C18H31NO. The lowest BCUT2D eigenvalue weighted by Gasteiger charge is -2.21. The molecule has 2 heteroatoms. The molecule has 0 saturated heterocycles. The Morgan fingerprint density at radius 3 is 2.20 bits per heavy atom. The first-order valence-electron chi connectivity index (χ1n) is 7.91. The lowest BCUT2D eigenvalue weighted by molar-refractivity contribution is 0.0764. The molecule has 1 aromatic carbocycles. The zero-order valence-corrected chi connectivity index (χ0v) is 14.3. The molecule has 0 fully saturated rings. The van der Waals surface area contributed by atoms with Gasteiger partial charge in [-0.2, -0.15) is 0 Å². The Bertz CT molecular complexity index is 410. The van der Waals surface area contributed by atoms with E-state index in [1.54, 1.807) is 0 Å². The molecule has 0 aliphatic carbocycles. The van der Waals surface area contributed by atoms with Crippen LogP contribution in [0.25, 0.3) is 0 Å². The van der Waals surface area contributed by atoms with Crippen LogP contribution < -0.4 is 0 Å². The van der Waals surface area contributed by atoms with Gasteiger partial charge in [0, 0.05) is 18.7 Å². The van der Waals surface area contributed by atoms with Gasteiger partial charge in [-0.25, -0.2) is 0 Å². The predicted molar refractivity (Wildman–Crippen MR) is 88.5 cm³/mol. The van der Waals surface area contributed by atoms with Crippen molar-refractivity contribution >= 4 is 5.91 Å². The molecule has 0 aliphatic heterocycles. The summed E-state index contributed by atoms with van der Waals surface area (Å²) in [6, 6.07) is 6.08.